The smallest absolute Gasteiger partial charge is 0.122 e. The molecule has 2 unspecified atom stereocenters. The molecule has 1 saturated heterocycles. The minimum absolute atomic E-state index is 0.137. The first-order chi connectivity index (χ1) is 8.99. The Hall–Kier alpha value is -1.26. The molecule has 2 atom stereocenters. The molecule has 1 aliphatic rings. The molecule has 4 nitrogen and oxygen atoms in total. The Morgan fingerprint density at radius 2 is 2.11 bits per heavy atom. The summed E-state index contributed by atoms with van der Waals surface area (Å²) < 4.78 is 0. The SMILES string of the molecule is CC(N)c1ccc(N2CCCN(C)CC2C)cc1O. The first-order valence-electron chi connectivity index (χ1n) is 7.02. The largest absolute Gasteiger partial charge is 0.508 e. The molecule has 1 aliphatic heterocycles. The van der Waals surface area contributed by atoms with Crippen molar-refractivity contribution in [2.75, 3.05) is 31.6 Å². The number of nitrogens with zero attached hydrogens (tertiary/aromatic N) is 2. The number of likely N-dealkylation sites (N-methyl/N-ethyl adjacent to an activating group) is 1. The Bertz CT molecular complexity index is 433. The second kappa shape index (κ2) is 5.80. The third kappa shape index (κ3) is 3.19. The van der Waals surface area contributed by atoms with Crippen LogP contribution in [0.1, 0.15) is 31.9 Å². The summed E-state index contributed by atoms with van der Waals surface area (Å²) in [6.07, 6.45) is 1.15. The Morgan fingerprint density at radius 3 is 2.74 bits per heavy atom. The van der Waals surface area contributed by atoms with Gasteiger partial charge in [0, 0.05) is 42.5 Å². The van der Waals surface area contributed by atoms with Crippen LogP contribution in [0.15, 0.2) is 18.2 Å². The zero-order valence-corrected chi connectivity index (χ0v) is 12.1. The lowest BCUT2D eigenvalue weighted by atomic mass is 10.1. The van der Waals surface area contributed by atoms with E-state index in [4.69, 9.17) is 5.73 Å². The van der Waals surface area contributed by atoms with Crippen molar-refractivity contribution < 1.29 is 5.11 Å². The van der Waals surface area contributed by atoms with Gasteiger partial charge in [-0.3, -0.25) is 0 Å². The standard InChI is InChI=1S/C15H25N3O/c1-11-10-17(3)7-4-8-18(11)13-5-6-14(12(2)16)15(19)9-13/h5-6,9,11-12,19H,4,7-8,10,16H2,1-3H3. The highest BCUT2D eigenvalue weighted by Gasteiger charge is 2.20. The van der Waals surface area contributed by atoms with Crippen molar-refractivity contribution in [2.45, 2.75) is 32.4 Å². The molecule has 106 valence electrons. The van der Waals surface area contributed by atoms with E-state index in [-0.39, 0.29) is 6.04 Å². The number of aromatic hydroxyl groups is 1. The Kier molecular flexibility index (Phi) is 4.32. The molecular weight excluding hydrogens is 238 g/mol. The second-order valence-corrected chi connectivity index (χ2v) is 5.69. The molecule has 0 saturated carbocycles. The van der Waals surface area contributed by atoms with Crippen molar-refractivity contribution in [3.8, 4) is 5.75 Å². The Labute approximate surface area is 115 Å². The molecule has 3 N–H and O–H groups in total. The fraction of sp³-hybridized carbons (Fsp3) is 0.600. The maximum absolute atomic E-state index is 10.1. The van der Waals surface area contributed by atoms with Crippen LogP contribution in [0.4, 0.5) is 5.69 Å². The van der Waals surface area contributed by atoms with Crippen LogP contribution in [0, 0.1) is 0 Å². The molecule has 0 bridgehead atoms. The van der Waals surface area contributed by atoms with Crippen molar-refractivity contribution in [1.82, 2.24) is 4.90 Å². The van der Waals surface area contributed by atoms with Gasteiger partial charge < -0.3 is 20.6 Å². The summed E-state index contributed by atoms with van der Waals surface area (Å²) in [5, 5.41) is 10.1. The summed E-state index contributed by atoms with van der Waals surface area (Å²) >= 11 is 0. The maximum Gasteiger partial charge on any atom is 0.122 e. The zero-order valence-electron chi connectivity index (χ0n) is 12.1. The van der Waals surface area contributed by atoms with E-state index in [1.54, 1.807) is 0 Å². The number of hydrogen-bond acceptors (Lipinski definition) is 4. The van der Waals surface area contributed by atoms with Crippen molar-refractivity contribution >= 4 is 5.69 Å². The third-order valence-electron chi connectivity index (χ3n) is 3.88. The van der Waals surface area contributed by atoms with Gasteiger partial charge in [0.05, 0.1) is 0 Å². The maximum atomic E-state index is 10.1. The third-order valence-corrected chi connectivity index (χ3v) is 3.88. The molecule has 2 rings (SSSR count). The summed E-state index contributed by atoms with van der Waals surface area (Å²) in [7, 11) is 2.16. The topological polar surface area (TPSA) is 52.7 Å². The predicted molar refractivity (Wildman–Crippen MR) is 79.6 cm³/mol. The summed E-state index contributed by atoms with van der Waals surface area (Å²) in [5.41, 5.74) is 7.73. The van der Waals surface area contributed by atoms with Crippen LogP contribution in [0.5, 0.6) is 5.75 Å². The zero-order chi connectivity index (χ0) is 14.0. The van der Waals surface area contributed by atoms with Crippen LogP contribution in [-0.2, 0) is 0 Å². The number of phenolic OH excluding ortho intramolecular Hbond substituents is 1. The average Bonchev–Trinajstić information content (AvgIpc) is 2.49. The molecule has 0 aromatic heterocycles. The van der Waals surface area contributed by atoms with Crippen LogP contribution in [-0.4, -0.2) is 42.7 Å². The first-order valence-corrected chi connectivity index (χ1v) is 7.02. The van der Waals surface area contributed by atoms with Gasteiger partial charge in [0.1, 0.15) is 5.75 Å². The average molecular weight is 263 g/mol. The highest BCUT2D eigenvalue weighted by Crippen LogP contribution is 2.29. The van der Waals surface area contributed by atoms with Crippen molar-refractivity contribution in [1.29, 1.82) is 0 Å². The van der Waals surface area contributed by atoms with Gasteiger partial charge in [-0.2, -0.15) is 0 Å². The van der Waals surface area contributed by atoms with Crippen molar-refractivity contribution in [3.63, 3.8) is 0 Å². The highest BCUT2D eigenvalue weighted by atomic mass is 16.3. The molecule has 1 aromatic rings. The minimum atomic E-state index is -0.137. The number of hydrogen-bond donors (Lipinski definition) is 2. The second-order valence-electron chi connectivity index (χ2n) is 5.69. The number of benzene rings is 1. The molecular formula is C15H25N3O. The number of anilines is 1. The highest BCUT2D eigenvalue weighted by molar-refractivity contribution is 5.54. The van der Waals surface area contributed by atoms with Crippen LogP contribution < -0.4 is 10.6 Å². The molecule has 19 heavy (non-hydrogen) atoms. The Morgan fingerprint density at radius 1 is 1.37 bits per heavy atom. The van der Waals surface area contributed by atoms with E-state index in [9.17, 15) is 5.11 Å². The van der Waals surface area contributed by atoms with Crippen molar-refractivity contribution in [3.05, 3.63) is 23.8 Å². The quantitative estimate of drug-likeness (QED) is 0.856. The number of nitrogens with two attached hydrogens (primary N) is 1. The lowest BCUT2D eigenvalue weighted by molar-refractivity contribution is 0.337. The summed E-state index contributed by atoms with van der Waals surface area (Å²) in [4.78, 5) is 4.73. The van der Waals surface area contributed by atoms with Gasteiger partial charge in [-0.25, -0.2) is 0 Å². The summed E-state index contributed by atoms with van der Waals surface area (Å²) in [6.45, 7) is 7.33. The molecule has 0 amide bonds. The van der Waals surface area contributed by atoms with E-state index < -0.39 is 0 Å². The van der Waals surface area contributed by atoms with Gasteiger partial charge in [-0.15, -0.1) is 0 Å². The molecule has 1 fully saturated rings. The van der Waals surface area contributed by atoms with Crippen LogP contribution in [0.25, 0.3) is 0 Å². The van der Waals surface area contributed by atoms with Gasteiger partial charge in [0.15, 0.2) is 0 Å². The van der Waals surface area contributed by atoms with E-state index in [2.05, 4.69) is 29.8 Å². The summed E-state index contributed by atoms with van der Waals surface area (Å²) in [6, 6.07) is 6.17. The Balaban J connectivity index is 2.23. The van der Waals surface area contributed by atoms with Crippen molar-refractivity contribution in [2.24, 2.45) is 5.73 Å². The fourth-order valence-electron chi connectivity index (χ4n) is 2.85. The van der Waals surface area contributed by atoms with Crippen LogP contribution in [0.3, 0.4) is 0 Å². The number of phenols is 1. The van der Waals surface area contributed by atoms with E-state index in [1.807, 2.05) is 19.1 Å². The van der Waals surface area contributed by atoms with Gasteiger partial charge in [0.25, 0.3) is 0 Å². The van der Waals surface area contributed by atoms with Crippen LogP contribution >= 0.6 is 0 Å². The van der Waals surface area contributed by atoms with Gasteiger partial charge in [0.2, 0.25) is 0 Å². The minimum Gasteiger partial charge on any atom is -0.508 e. The normalized spacial score (nSPS) is 23.2. The molecule has 0 spiro atoms. The lowest BCUT2D eigenvalue weighted by Crippen LogP contribution is -2.37. The van der Waals surface area contributed by atoms with Gasteiger partial charge in [-0.05, 0) is 39.9 Å². The van der Waals surface area contributed by atoms with E-state index in [0.717, 1.165) is 37.3 Å². The molecule has 0 aliphatic carbocycles. The van der Waals surface area contributed by atoms with Gasteiger partial charge in [-0.1, -0.05) is 6.07 Å². The summed E-state index contributed by atoms with van der Waals surface area (Å²) in [5.74, 6) is 0.303. The first kappa shape index (κ1) is 14.2. The van der Waals surface area contributed by atoms with E-state index in [1.165, 1.54) is 0 Å². The van der Waals surface area contributed by atoms with Crippen LogP contribution in [0.2, 0.25) is 0 Å². The molecule has 1 aromatic carbocycles. The monoisotopic (exact) mass is 263 g/mol. The van der Waals surface area contributed by atoms with Gasteiger partial charge >= 0.3 is 0 Å². The lowest BCUT2D eigenvalue weighted by Gasteiger charge is -2.30. The molecule has 1 heterocycles. The predicted octanol–water partition coefficient (Wildman–Crippen LogP) is 1.94. The number of rotatable bonds is 2. The molecule has 4 heteroatoms. The molecule has 0 radical (unpaired) electrons. The fourth-order valence-corrected chi connectivity index (χ4v) is 2.85. The van der Waals surface area contributed by atoms with E-state index in [0.29, 0.717) is 11.8 Å². The van der Waals surface area contributed by atoms with E-state index >= 15 is 0 Å².